The first-order valence-corrected chi connectivity index (χ1v) is 8.20. The predicted octanol–water partition coefficient (Wildman–Crippen LogP) is 4.88. The molecule has 0 aromatic heterocycles. The average molecular weight is 276 g/mol. The van der Waals surface area contributed by atoms with E-state index in [4.69, 9.17) is 9.05 Å². The predicted molar refractivity (Wildman–Crippen MR) is 78.1 cm³/mol. The van der Waals surface area contributed by atoms with Gasteiger partial charge in [0.15, 0.2) is 0 Å². The minimum atomic E-state index is -3.02. The number of hydrogen-bond acceptors (Lipinski definition) is 3. The maximum absolute atomic E-state index is 12.6. The molecule has 0 aliphatic heterocycles. The first-order chi connectivity index (χ1) is 7.97. The van der Waals surface area contributed by atoms with Crippen molar-refractivity contribution in [3.8, 4) is 0 Å². The van der Waals surface area contributed by atoms with Gasteiger partial charge in [0.25, 0.3) is 0 Å². The standard InChI is InChI=1S/C14H29O3P/c1-8-9-10-18(15,16-11-13(2,3)4)17-12-14(5,6)7/h8-9H,10-12H2,1-7H3/b9-8+. The fraction of sp³-hybridized carbons (Fsp3) is 0.857. The SMILES string of the molecule is C/C=C/CP(=O)(OCC(C)(C)C)OCC(C)(C)C. The summed E-state index contributed by atoms with van der Waals surface area (Å²) >= 11 is 0. The van der Waals surface area contributed by atoms with E-state index in [9.17, 15) is 4.57 Å². The number of rotatable bonds is 6. The molecule has 0 aromatic carbocycles. The Morgan fingerprint density at radius 1 is 0.944 bits per heavy atom. The quantitative estimate of drug-likeness (QED) is 0.512. The van der Waals surface area contributed by atoms with Crippen LogP contribution in [0.5, 0.6) is 0 Å². The molecule has 0 saturated carbocycles. The van der Waals surface area contributed by atoms with E-state index in [1.54, 1.807) is 0 Å². The molecule has 108 valence electrons. The van der Waals surface area contributed by atoms with Gasteiger partial charge in [-0.1, -0.05) is 53.7 Å². The fourth-order valence-corrected chi connectivity index (χ4v) is 2.88. The molecular weight excluding hydrogens is 247 g/mol. The van der Waals surface area contributed by atoms with Gasteiger partial charge in [-0.05, 0) is 17.8 Å². The Bertz CT molecular complexity index is 286. The third-order valence-corrected chi connectivity index (χ3v) is 3.66. The van der Waals surface area contributed by atoms with Crippen LogP contribution in [0.4, 0.5) is 0 Å². The largest absolute Gasteiger partial charge is 0.334 e. The van der Waals surface area contributed by atoms with Gasteiger partial charge in [-0.25, -0.2) is 0 Å². The molecule has 0 heterocycles. The second-order valence-corrected chi connectivity index (χ2v) is 9.13. The Labute approximate surface area is 112 Å². The Morgan fingerprint density at radius 2 is 1.33 bits per heavy atom. The van der Waals surface area contributed by atoms with Gasteiger partial charge in [-0.3, -0.25) is 4.57 Å². The van der Waals surface area contributed by atoms with Gasteiger partial charge >= 0.3 is 7.60 Å². The molecule has 0 bridgehead atoms. The fourth-order valence-electron chi connectivity index (χ4n) is 0.961. The summed E-state index contributed by atoms with van der Waals surface area (Å²) in [6, 6.07) is 0. The normalized spacial score (nSPS) is 14.4. The van der Waals surface area contributed by atoms with E-state index in [-0.39, 0.29) is 10.8 Å². The van der Waals surface area contributed by atoms with E-state index < -0.39 is 7.60 Å². The highest BCUT2D eigenvalue weighted by molar-refractivity contribution is 7.54. The van der Waals surface area contributed by atoms with Crippen LogP contribution in [0.25, 0.3) is 0 Å². The molecule has 18 heavy (non-hydrogen) atoms. The highest BCUT2D eigenvalue weighted by atomic mass is 31.2. The van der Waals surface area contributed by atoms with Crippen molar-refractivity contribution >= 4 is 7.60 Å². The maximum Gasteiger partial charge on any atom is 0.334 e. The van der Waals surface area contributed by atoms with E-state index >= 15 is 0 Å². The third-order valence-electron chi connectivity index (χ3n) is 1.95. The summed E-state index contributed by atoms with van der Waals surface area (Å²) in [5, 5.41) is 0. The molecule has 0 rings (SSSR count). The summed E-state index contributed by atoms with van der Waals surface area (Å²) in [5.74, 6) is 0. The number of hydrogen-bond donors (Lipinski definition) is 0. The average Bonchev–Trinajstić information content (AvgIpc) is 2.19. The van der Waals surface area contributed by atoms with Crippen LogP contribution in [-0.4, -0.2) is 19.4 Å². The van der Waals surface area contributed by atoms with Crippen LogP contribution >= 0.6 is 7.60 Å². The number of allylic oxidation sites excluding steroid dienone is 2. The summed E-state index contributed by atoms with van der Waals surface area (Å²) < 4.78 is 23.7. The van der Waals surface area contributed by atoms with Crippen molar-refractivity contribution in [2.24, 2.45) is 10.8 Å². The van der Waals surface area contributed by atoms with E-state index in [0.717, 1.165) is 0 Å². The highest BCUT2D eigenvalue weighted by Crippen LogP contribution is 2.50. The summed E-state index contributed by atoms with van der Waals surface area (Å²) in [6.45, 7) is 15.1. The van der Waals surface area contributed by atoms with Gasteiger partial charge in [-0.15, -0.1) is 0 Å². The minimum absolute atomic E-state index is 0.0172. The van der Waals surface area contributed by atoms with Crippen molar-refractivity contribution in [1.29, 1.82) is 0 Å². The lowest BCUT2D eigenvalue weighted by Crippen LogP contribution is -2.18. The van der Waals surface area contributed by atoms with Gasteiger partial charge < -0.3 is 9.05 Å². The van der Waals surface area contributed by atoms with Crippen molar-refractivity contribution in [2.45, 2.75) is 48.5 Å². The zero-order valence-corrected chi connectivity index (χ0v) is 13.8. The van der Waals surface area contributed by atoms with Crippen LogP contribution in [0.3, 0.4) is 0 Å². The summed E-state index contributed by atoms with van der Waals surface area (Å²) in [7, 11) is -3.02. The zero-order valence-electron chi connectivity index (χ0n) is 12.9. The molecule has 0 N–H and O–H groups in total. The highest BCUT2D eigenvalue weighted by Gasteiger charge is 2.28. The summed E-state index contributed by atoms with van der Waals surface area (Å²) in [4.78, 5) is 0. The van der Waals surface area contributed by atoms with Crippen LogP contribution in [-0.2, 0) is 13.6 Å². The molecule has 0 amide bonds. The van der Waals surface area contributed by atoms with Crippen LogP contribution in [0.15, 0.2) is 12.2 Å². The molecule has 3 nitrogen and oxygen atoms in total. The molecule has 4 heteroatoms. The van der Waals surface area contributed by atoms with Crippen molar-refractivity contribution in [2.75, 3.05) is 19.4 Å². The molecule has 0 atom stereocenters. The van der Waals surface area contributed by atoms with Crippen molar-refractivity contribution in [3.05, 3.63) is 12.2 Å². The van der Waals surface area contributed by atoms with Crippen molar-refractivity contribution in [3.63, 3.8) is 0 Å². The molecule has 0 fully saturated rings. The van der Waals surface area contributed by atoms with Crippen LogP contribution in [0.1, 0.15) is 48.5 Å². The van der Waals surface area contributed by atoms with Gasteiger partial charge in [0, 0.05) is 0 Å². The lowest BCUT2D eigenvalue weighted by molar-refractivity contribution is 0.124. The molecule has 0 unspecified atom stereocenters. The first-order valence-electron chi connectivity index (χ1n) is 6.47. The Balaban J connectivity index is 4.58. The second kappa shape index (κ2) is 6.88. The minimum Gasteiger partial charge on any atom is -0.308 e. The van der Waals surface area contributed by atoms with E-state index in [1.165, 1.54) is 0 Å². The first kappa shape index (κ1) is 17.9. The van der Waals surface area contributed by atoms with Crippen LogP contribution in [0, 0.1) is 10.8 Å². The van der Waals surface area contributed by atoms with Gasteiger partial charge in [-0.2, -0.15) is 0 Å². The van der Waals surface area contributed by atoms with E-state index in [2.05, 4.69) is 41.5 Å². The molecule has 0 radical (unpaired) electrons. The van der Waals surface area contributed by atoms with Gasteiger partial charge in [0.2, 0.25) is 0 Å². The van der Waals surface area contributed by atoms with E-state index in [1.807, 2.05) is 19.1 Å². The molecule has 0 spiro atoms. The monoisotopic (exact) mass is 276 g/mol. The Kier molecular flexibility index (Phi) is 6.84. The summed E-state index contributed by atoms with van der Waals surface area (Å²) in [6.07, 6.45) is 4.05. The van der Waals surface area contributed by atoms with Gasteiger partial charge in [0.05, 0.1) is 19.4 Å². The molecule has 0 saturated heterocycles. The Morgan fingerprint density at radius 3 is 1.61 bits per heavy atom. The summed E-state index contributed by atoms with van der Waals surface area (Å²) in [5.41, 5.74) is -0.0344. The van der Waals surface area contributed by atoms with Gasteiger partial charge in [0.1, 0.15) is 0 Å². The lowest BCUT2D eigenvalue weighted by Gasteiger charge is -2.26. The molecule has 0 aliphatic rings. The Hall–Kier alpha value is -0.110. The van der Waals surface area contributed by atoms with Crippen LogP contribution < -0.4 is 0 Å². The van der Waals surface area contributed by atoms with E-state index in [0.29, 0.717) is 19.4 Å². The maximum atomic E-state index is 12.6. The molecule has 0 aromatic rings. The molecule has 0 aliphatic carbocycles. The molecular formula is C14H29O3P. The zero-order chi connectivity index (χ0) is 14.4. The third kappa shape index (κ3) is 9.87. The topological polar surface area (TPSA) is 35.5 Å². The lowest BCUT2D eigenvalue weighted by atomic mass is 9.99. The smallest absolute Gasteiger partial charge is 0.308 e. The van der Waals surface area contributed by atoms with Crippen LogP contribution in [0.2, 0.25) is 0 Å². The van der Waals surface area contributed by atoms with Crippen molar-refractivity contribution < 1.29 is 13.6 Å². The van der Waals surface area contributed by atoms with Crippen molar-refractivity contribution in [1.82, 2.24) is 0 Å². The second-order valence-electron chi connectivity index (χ2n) is 7.03.